The van der Waals surface area contributed by atoms with E-state index in [1.165, 1.54) is 0 Å². The molecule has 0 fully saturated rings. The molecule has 0 unspecified atom stereocenters. The van der Waals surface area contributed by atoms with Crippen LogP contribution >= 0.6 is 0 Å². The Labute approximate surface area is 135 Å². The number of nitrogen functional groups attached to an aromatic ring is 1. The summed E-state index contributed by atoms with van der Waals surface area (Å²) in [5.74, 6) is 0. The van der Waals surface area contributed by atoms with Crippen LogP contribution in [0.5, 0.6) is 0 Å². The molecular weight excluding hydrogens is 282 g/mol. The van der Waals surface area contributed by atoms with Crippen LogP contribution in [-0.4, -0.2) is 9.97 Å². The fraction of sp³-hybridized carbons (Fsp3) is 0.100. The average Bonchev–Trinajstić information content (AvgIpc) is 2.63. The zero-order valence-corrected chi connectivity index (χ0v) is 12.7. The number of anilines is 1. The lowest BCUT2D eigenvalue weighted by Crippen LogP contribution is -2.01. The van der Waals surface area contributed by atoms with Crippen molar-refractivity contribution in [1.82, 2.24) is 9.97 Å². The van der Waals surface area contributed by atoms with Crippen LogP contribution in [0.4, 0.5) is 5.69 Å². The molecule has 1 aromatic heterocycles. The van der Waals surface area contributed by atoms with E-state index in [9.17, 15) is 0 Å². The Kier molecular flexibility index (Phi) is 3.39. The molecule has 0 amide bonds. The molecule has 4 rings (SSSR count). The first-order chi connectivity index (χ1) is 11.3. The minimum atomic E-state index is 0.659. The Bertz CT molecular complexity index is 924. The highest BCUT2D eigenvalue weighted by Crippen LogP contribution is 2.31. The van der Waals surface area contributed by atoms with E-state index in [1.54, 1.807) is 0 Å². The quantitative estimate of drug-likeness (QED) is 0.703. The van der Waals surface area contributed by atoms with Gasteiger partial charge in [-0.15, -0.1) is 0 Å². The Morgan fingerprint density at radius 1 is 0.826 bits per heavy atom. The molecule has 1 aliphatic rings. The van der Waals surface area contributed by atoms with Gasteiger partial charge in [-0.05, 0) is 30.5 Å². The monoisotopic (exact) mass is 299 g/mol. The number of aromatic nitrogens is 2. The number of hydrogen-bond acceptors (Lipinski definition) is 3. The first kappa shape index (κ1) is 13.7. The van der Waals surface area contributed by atoms with Crippen molar-refractivity contribution < 1.29 is 0 Å². The summed E-state index contributed by atoms with van der Waals surface area (Å²) in [4.78, 5) is 9.73. The highest BCUT2D eigenvalue weighted by molar-refractivity contribution is 5.92. The van der Waals surface area contributed by atoms with Gasteiger partial charge in [0.2, 0.25) is 0 Å². The molecule has 0 saturated carbocycles. The molecule has 112 valence electrons. The van der Waals surface area contributed by atoms with Gasteiger partial charge in [-0.3, -0.25) is 0 Å². The number of hydrogen-bond donors (Lipinski definition) is 1. The lowest BCUT2D eigenvalue weighted by Gasteiger charge is -2.13. The minimum Gasteiger partial charge on any atom is -0.397 e. The van der Waals surface area contributed by atoms with Gasteiger partial charge in [0.25, 0.3) is 0 Å². The highest BCUT2D eigenvalue weighted by Gasteiger charge is 2.15. The maximum absolute atomic E-state index is 6.10. The van der Waals surface area contributed by atoms with E-state index in [0.717, 1.165) is 46.4 Å². The van der Waals surface area contributed by atoms with Gasteiger partial charge in [0, 0.05) is 5.56 Å². The van der Waals surface area contributed by atoms with Crippen molar-refractivity contribution >= 4 is 22.3 Å². The van der Waals surface area contributed by atoms with Crippen molar-refractivity contribution in [3.8, 4) is 11.3 Å². The second kappa shape index (κ2) is 5.69. The van der Waals surface area contributed by atoms with E-state index >= 15 is 0 Å². The summed E-state index contributed by atoms with van der Waals surface area (Å²) >= 11 is 0. The van der Waals surface area contributed by atoms with Crippen LogP contribution in [0, 0.1) is 0 Å². The first-order valence-electron chi connectivity index (χ1n) is 7.81. The predicted molar refractivity (Wildman–Crippen MR) is 95.7 cm³/mol. The lowest BCUT2D eigenvalue weighted by molar-refractivity contribution is 1.04. The topological polar surface area (TPSA) is 51.8 Å². The number of nitrogens with zero attached hydrogens (tertiary/aromatic N) is 2. The lowest BCUT2D eigenvalue weighted by atomic mass is 9.99. The summed E-state index contributed by atoms with van der Waals surface area (Å²) in [5, 5.41) is 0. The summed E-state index contributed by atoms with van der Waals surface area (Å²) in [6.07, 6.45) is 8.68. The predicted octanol–water partition coefficient (Wildman–Crippen LogP) is 4.61. The molecule has 3 nitrogen and oxygen atoms in total. The van der Waals surface area contributed by atoms with E-state index in [4.69, 9.17) is 15.7 Å². The van der Waals surface area contributed by atoms with Gasteiger partial charge in [0.15, 0.2) is 0 Å². The molecule has 0 spiro atoms. The maximum Gasteiger partial charge on any atom is 0.112 e. The molecule has 2 aromatic carbocycles. The van der Waals surface area contributed by atoms with Crippen molar-refractivity contribution in [2.45, 2.75) is 12.8 Å². The van der Waals surface area contributed by atoms with E-state index < -0.39 is 0 Å². The number of nitrogens with two attached hydrogens (primary N) is 1. The fourth-order valence-electron chi connectivity index (χ4n) is 2.89. The molecule has 0 saturated heterocycles. The number of rotatable bonds is 2. The molecule has 0 radical (unpaired) electrons. The van der Waals surface area contributed by atoms with Crippen molar-refractivity contribution in [1.29, 1.82) is 0 Å². The van der Waals surface area contributed by atoms with Crippen molar-refractivity contribution in [3.05, 3.63) is 72.5 Å². The van der Waals surface area contributed by atoms with Gasteiger partial charge in [0.1, 0.15) is 5.52 Å². The molecule has 1 heterocycles. The largest absolute Gasteiger partial charge is 0.397 e. The molecule has 3 aromatic rings. The third-order valence-electron chi connectivity index (χ3n) is 4.04. The zero-order valence-electron chi connectivity index (χ0n) is 12.7. The molecule has 1 aliphatic carbocycles. The standard InChI is InChI=1S/C20H17N3/c21-16-12-7-13-17-20(16)23-19(15-10-5-2-6-11-15)18(22-17)14-8-3-1-4-9-14/h2-3,5-13H,1,4,21H2. The van der Waals surface area contributed by atoms with Gasteiger partial charge in [0.05, 0.1) is 22.6 Å². The highest BCUT2D eigenvalue weighted by atomic mass is 14.8. The third kappa shape index (κ3) is 2.50. The second-order valence-electron chi connectivity index (χ2n) is 5.64. The van der Waals surface area contributed by atoms with Crippen molar-refractivity contribution in [2.75, 3.05) is 5.73 Å². The number of fused-ring (bicyclic) bond motifs is 1. The Balaban J connectivity index is 2.02. The number of allylic oxidation sites excluding steroid dienone is 4. The van der Waals surface area contributed by atoms with Crippen LogP contribution in [0.3, 0.4) is 0 Å². The maximum atomic E-state index is 6.10. The van der Waals surface area contributed by atoms with E-state index in [1.807, 2.05) is 36.4 Å². The van der Waals surface area contributed by atoms with Gasteiger partial charge >= 0.3 is 0 Å². The van der Waals surface area contributed by atoms with E-state index in [2.05, 4.69) is 30.4 Å². The van der Waals surface area contributed by atoms with Gasteiger partial charge in [-0.2, -0.15) is 0 Å². The Morgan fingerprint density at radius 2 is 1.70 bits per heavy atom. The minimum absolute atomic E-state index is 0.659. The molecular formula is C20H17N3. The molecule has 0 bridgehead atoms. The SMILES string of the molecule is Nc1cccc2nc(C3=CCCC=C3)c(-c3ccccc3)nc12. The summed E-state index contributed by atoms with van der Waals surface area (Å²) < 4.78 is 0. The van der Waals surface area contributed by atoms with Crippen LogP contribution in [0.25, 0.3) is 27.9 Å². The van der Waals surface area contributed by atoms with Crippen molar-refractivity contribution in [3.63, 3.8) is 0 Å². The van der Waals surface area contributed by atoms with E-state index in [-0.39, 0.29) is 0 Å². The summed E-state index contributed by atoms with van der Waals surface area (Å²) in [7, 11) is 0. The van der Waals surface area contributed by atoms with Crippen LogP contribution in [0.15, 0.2) is 66.8 Å². The molecule has 23 heavy (non-hydrogen) atoms. The number of benzene rings is 2. The average molecular weight is 299 g/mol. The Hall–Kier alpha value is -2.94. The molecule has 3 heteroatoms. The van der Waals surface area contributed by atoms with E-state index in [0.29, 0.717) is 5.69 Å². The normalized spacial score (nSPS) is 14.0. The van der Waals surface area contributed by atoms with Crippen LogP contribution < -0.4 is 5.73 Å². The molecule has 0 atom stereocenters. The zero-order chi connectivity index (χ0) is 15.6. The smallest absolute Gasteiger partial charge is 0.112 e. The van der Waals surface area contributed by atoms with Crippen LogP contribution in [0.1, 0.15) is 18.5 Å². The third-order valence-corrected chi connectivity index (χ3v) is 4.04. The number of para-hydroxylation sites is 1. The van der Waals surface area contributed by atoms with Crippen LogP contribution in [-0.2, 0) is 0 Å². The Morgan fingerprint density at radius 3 is 2.48 bits per heavy atom. The first-order valence-corrected chi connectivity index (χ1v) is 7.81. The van der Waals surface area contributed by atoms with Gasteiger partial charge in [-0.1, -0.05) is 54.6 Å². The van der Waals surface area contributed by atoms with Gasteiger partial charge < -0.3 is 5.73 Å². The van der Waals surface area contributed by atoms with Crippen molar-refractivity contribution in [2.24, 2.45) is 0 Å². The molecule has 2 N–H and O–H groups in total. The summed E-state index contributed by atoms with van der Waals surface area (Å²) in [6.45, 7) is 0. The summed E-state index contributed by atoms with van der Waals surface area (Å²) in [6, 6.07) is 15.9. The summed E-state index contributed by atoms with van der Waals surface area (Å²) in [5.41, 5.74) is 12.3. The fourth-order valence-corrected chi connectivity index (χ4v) is 2.89. The molecule has 0 aliphatic heterocycles. The van der Waals surface area contributed by atoms with Gasteiger partial charge in [-0.25, -0.2) is 9.97 Å². The second-order valence-corrected chi connectivity index (χ2v) is 5.64. The van der Waals surface area contributed by atoms with Crippen LogP contribution in [0.2, 0.25) is 0 Å².